The zero-order valence-corrected chi connectivity index (χ0v) is 19.4. The lowest BCUT2D eigenvalue weighted by atomic mass is 10.1. The number of thioether (sulfide) groups is 1. The average molecular weight is 480 g/mol. The Morgan fingerprint density at radius 1 is 1.07 bits per heavy atom. The van der Waals surface area contributed by atoms with Crippen LogP contribution in [-0.2, 0) is 12.2 Å². The third kappa shape index (κ3) is 8.26. The Kier molecular flexibility index (Phi) is 12.7. The predicted octanol–water partition coefficient (Wildman–Crippen LogP) is 3.71. The molecule has 29 heavy (non-hydrogen) atoms. The SMILES string of the molecule is Cc1ccc(Cc2cnc(NCCSCc3nc[nH]c3C)[nH]c2=O)cn1.Cl.Cl.Cl. The van der Waals surface area contributed by atoms with Crippen LogP contribution in [0.4, 0.5) is 5.95 Å². The highest BCUT2D eigenvalue weighted by atomic mass is 35.5. The minimum atomic E-state index is -0.122. The van der Waals surface area contributed by atoms with Gasteiger partial charge in [0.25, 0.3) is 5.56 Å². The van der Waals surface area contributed by atoms with E-state index >= 15 is 0 Å². The number of H-pyrrole nitrogens is 2. The van der Waals surface area contributed by atoms with Crippen molar-refractivity contribution in [2.24, 2.45) is 0 Å². The topological polar surface area (TPSA) is 99.4 Å². The summed E-state index contributed by atoms with van der Waals surface area (Å²) < 4.78 is 0. The van der Waals surface area contributed by atoms with Crippen LogP contribution in [0.1, 0.15) is 28.2 Å². The Bertz CT molecular complexity index is 916. The minimum Gasteiger partial charge on any atom is -0.355 e. The smallest absolute Gasteiger partial charge is 0.255 e. The van der Waals surface area contributed by atoms with Gasteiger partial charge < -0.3 is 10.3 Å². The number of aryl methyl sites for hydroxylation is 2. The molecule has 3 heterocycles. The maximum Gasteiger partial charge on any atom is 0.255 e. The van der Waals surface area contributed by atoms with Crippen LogP contribution in [0.15, 0.2) is 35.6 Å². The number of aromatic amines is 2. The van der Waals surface area contributed by atoms with Crippen LogP contribution >= 0.6 is 49.0 Å². The Labute approximate surface area is 192 Å². The van der Waals surface area contributed by atoms with Gasteiger partial charge in [-0.1, -0.05) is 6.07 Å². The first-order chi connectivity index (χ1) is 12.6. The van der Waals surface area contributed by atoms with E-state index in [1.165, 1.54) is 0 Å². The van der Waals surface area contributed by atoms with E-state index in [0.717, 1.165) is 40.7 Å². The van der Waals surface area contributed by atoms with Gasteiger partial charge in [-0.25, -0.2) is 9.97 Å². The summed E-state index contributed by atoms with van der Waals surface area (Å²) >= 11 is 1.78. The highest BCUT2D eigenvalue weighted by Gasteiger charge is 2.05. The van der Waals surface area contributed by atoms with Crippen molar-refractivity contribution in [1.82, 2.24) is 24.9 Å². The van der Waals surface area contributed by atoms with Crippen LogP contribution in [0, 0.1) is 13.8 Å². The molecule has 0 saturated carbocycles. The van der Waals surface area contributed by atoms with Crippen LogP contribution in [0.3, 0.4) is 0 Å². The predicted molar refractivity (Wildman–Crippen MR) is 126 cm³/mol. The van der Waals surface area contributed by atoms with Gasteiger partial charge in [0, 0.05) is 53.8 Å². The average Bonchev–Trinajstić information content (AvgIpc) is 3.04. The number of hydrogen-bond acceptors (Lipinski definition) is 6. The first-order valence-electron chi connectivity index (χ1n) is 8.42. The van der Waals surface area contributed by atoms with Crippen molar-refractivity contribution in [2.75, 3.05) is 17.6 Å². The fraction of sp³-hybridized carbons (Fsp3) is 0.333. The van der Waals surface area contributed by atoms with Crippen LogP contribution < -0.4 is 10.9 Å². The Morgan fingerprint density at radius 2 is 1.86 bits per heavy atom. The number of aromatic nitrogens is 5. The number of hydrogen-bond donors (Lipinski definition) is 3. The molecule has 160 valence electrons. The van der Waals surface area contributed by atoms with Gasteiger partial charge in [-0.15, -0.1) is 37.2 Å². The van der Waals surface area contributed by atoms with E-state index < -0.39 is 0 Å². The Hall–Kier alpha value is -1.74. The second kappa shape index (κ2) is 13.5. The molecule has 11 heteroatoms. The van der Waals surface area contributed by atoms with Gasteiger partial charge in [-0.05, 0) is 25.5 Å². The largest absolute Gasteiger partial charge is 0.355 e. The summed E-state index contributed by atoms with van der Waals surface area (Å²) in [7, 11) is 0. The maximum atomic E-state index is 12.2. The summed E-state index contributed by atoms with van der Waals surface area (Å²) in [4.78, 5) is 30.9. The molecule has 0 unspecified atom stereocenters. The molecule has 3 rings (SSSR count). The monoisotopic (exact) mass is 478 g/mol. The summed E-state index contributed by atoms with van der Waals surface area (Å²) in [6.45, 7) is 4.68. The lowest BCUT2D eigenvalue weighted by molar-refractivity contribution is 0.999. The molecule has 0 bridgehead atoms. The molecule has 0 aliphatic heterocycles. The van der Waals surface area contributed by atoms with Crippen molar-refractivity contribution < 1.29 is 0 Å². The van der Waals surface area contributed by atoms with Crippen LogP contribution in [0.2, 0.25) is 0 Å². The molecule has 3 aromatic heterocycles. The molecule has 0 fully saturated rings. The fourth-order valence-corrected chi connectivity index (χ4v) is 3.28. The van der Waals surface area contributed by atoms with Gasteiger partial charge in [0.15, 0.2) is 0 Å². The number of nitrogens with one attached hydrogen (secondary N) is 3. The van der Waals surface area contributed by atoms with Crippen molar-refractivity contribution in [1.29, 1.82) is 0 Å². The molecule has 0 amide bonds. The third-order valence-electron chi connectivity index (χ3n) is 3.95. The third-order valence-corrected chi connectivity index (χ3v) is 4.92. The highest BCUT2D eigenvalue weighted by Crippen LogP contribution is 2.12. The first-order valence-corrected chi connectivity index (χ1v) is 9.57. The van der Waals surface area contributed by atoms with Gasteiger partial charge in [0.05, 0.1) is 12.0 Å². The fourth-order valence-electron chi connectivity index (χ4n) is 2.40. The van der Waals surface area contributed by atoms with E-state index in [4.69, 9.17) is 0 Å². The molecule has 0 aliphatic carbocycles. The molecular formula is C18H25Cl3N6OS. The van der Waals surface area contributed by atoms with Crippen molar-refractivity contribution >= 4 is 54.9 Å². The van der Waals surface area contributed by atoms with E-state index in [9.17, 15) is 4.79 Å². The molecule has 0 saturated heterocycles. The normalized spacial score (nSPS) is 9.72. The van der Waals surface area contributed by atoms with Gasteiger partial charge in [-0.3, -0.25) is 14.8 Å². The quantitative estimate of drug-likeness (QED) is 0.426. The standard InChI is InChI=1S/C18H22N6OS.3ClH/c1-12-3-4-14(8-20-12)7-15-9-21-18(24-17(15)25)19-5-6-26-10-16-13(2)22-11-23-16;;;/h3-4,8-9,11H,5-7,10H2,1-2H3,(H,22,23)(H2,19,21,24,25);3*1H. The van der Waals surface area contributed by atoms with Gasteiger partial charge in [0.2, 0.25) is 5.95 Å². The second-order valence-corrected chi connectivity index (χ2v) is 7.13. The highest BCUT2D eigenvalue weighted by molar-refractivity contribution is 7.98. The molecule has 0 radical (unpaired) electrons. The molecule has 0 aromatic carbocycles. The summed E-state index contributed by atoms with van der Waals surface area (Å²) in [5.41, 5.74) is 4.65. The number of halogens is 3. The van der Waals surface area contributed by atoms with E-state index in [-0.39, 0.29) is 42.8 Å². The molecule has 0 atom stereocenters. The van der Waals surface area contributed by atoms with E-state index in [2.05, 4.69) is 30.2 Å². The van der Waals surface area contributed by atoms with Gasteiger partial charge in [-0.2, -0.15) is 11.8 Å². The number of pyridine rings is 1. The molecular weight excluding hydrogens is 455 g/mol. The molecule has 3 N–H and O–H groups in total. The van der Waals surface area contributed by atoms with Crippen LogP contribution in [0.25, 0.3) is 0 Å². The summed E-state index contributed by atoms with van der Waals surface area (Å²) in [5, 5.41) is 3.15. The maximum absolute atomic E-state index is 12.2. The second-order valence-electron chi connectivity index (χ2n) is 6.02. The minimum absolute atomic E-state index is 0. The number of rotatable bonds is 8. The van der Waals surface area contributed by atoms with Gasteiger partial charge in [0.1, 0.15) is 0 Å². The van der Waals surface area contributed by atoms with E-state index in [0.29, 0.717) is 17.9 Å². The molecule has 3 aromatic rings. The zero-order chi connectivity index (χ0) is 18.4. The number of anilines is 1. The first kappa shape index (κ1) is 27.3. The number of imidazole rings is 1. The van der Waals surface area contributed by atoms with E-state index in [1.807, 2.05) is 26.0 Å². The van der Waals surface area contributed by atoms with E-state index in [1.54, 1.807) is 30.5 Å². The Morgan fingerprint density at radius 3 is 2.48 bits per heavy atom. The Balaban J connectivity index is 0.00000261. The van der Waals surface area contributed by atoms with Gasteiger partial charge >= 0.3 is 0 Å². The molecule has 7 nitrogen and oxygen atoms in total. The summed E-state index contributed by atoms with van der Waals surface area (Å²) in [6, 6.07) is 3.92. The lowest BCUT2D eigenvalue weighted by Gasteiger charge is -2.06. The van der Waals surface area contributed by atoms with Crippen molar-refractivity contribution in [3.8, 4) is 0 Å². The summed E-state index contributed by atoms with van der Waals surface area (Å²) in [5.74, 6) is 2.26. The van der Waals surface area contributed by atoms with Crippen molar-refractivity contribution in [2.45, 2.75) is 26.0 Å². The van der Waals surface area contributed by atoms with Crippen LogP contribution in [0.5, 0.6) is 0 Å². The lowest BCUT2D eigenvalue weighted by Crippen LogP contribution is -2.18. The van der Waals surface area contributed by atoms with Crippen molar-refractivity contribution in [3.63, 3.8) is 0 Å². The molecule has 0 aliphatic rings. The van der Waals surface area contributed by atoms with Crippen LogP contribution in [-0.4, -0.2) is 37.2 Å². The summed E-state index contributed by atoms with van der Waals surface area (Å²) in [6.07, 6.45) is 5.65. The van der Waals surface area contributed by atoms with Crippen molar-refractivity contribution in [3.05, 3.63) is 69.4 Å². The molecule has 0 spiro atoms. The number of nitrogens with zero attached hydrogens (tertiary/aromatic N) is 3. The zero-order valence-electron chi connectivity index (χ0n) is 16.1.